The lowest BCUT2D eigenvalue weighted by atomic mass is 10.2. The van der Waals surface area contributed by atoms with Crippen molar-refractivity contribution in [2.75, 3.05) is 11.9 Å². The van der Waals surface area contributed by atoms with E-state index in [1.807, 2.05) is 38.1 Å². The highest BCUT2D eigenvalue weighted by Gasteiger charge is 2.09. The molecule has 0 atom stereocenters. The molecule has 0 aliphatic rings. The summed E-state index contributed by atoms with van der Waals surface area (Å²) in [5, 5.41) is 5.91. The van der Waals surface area contributed by atoms with Crippen molar-refractivity contribution in [2.45, 2.75) is 39.7 Å². The second kappa shape index (κ2) is 10.5. The summed E-state index contributed by atoms with van der Waals surface area (Å²) in [6, 6.07) is 14.4. The van der Waals surface area contributed by atoms with E-state index >= 15 is 0 Å². The Morgan fingerprint density at radius 2 is 1.85 bits per heavy atom. The molecule has 144 valence electrons. The molecule has 0 unspecified atom stereocenters. The number of thiocarbonyl (C=S) groups is 1. The van der Waals surface area contributed by atoms with Crippen LogP contribution in [0.5, 0.6) is 11.5 Å². The highest BCUT2D eigenvalue weighted by Crippen LogP contribution is 2.18. The van der Waals surface area contributed by atoms with Crippen LogP contribution in [0.1, 0.15) is 44.0 Å². The molecule has 0 aliphatic carbocycles. The van der Waals surface area contributed by atoms with E-state index in [0.29, 0.717) is 12.2 Å². The Morgan fingerprint density at radius 1 is 1.11 bits per heavy atom. The van der Waals surface area contributed by atoms with E-state index in [-0.39, 0.29) is 17.1 Å². The van der Waals surface area contributed by atoms with Crippen LogP contribution in [0.15, 0.2) is 48.5 Å². The predicted octanol–water partition coefficient (Wildman–Crippen LogP) is 4.78. The van der Waals surface area contributed by atoms with Crippen LogP contribution in [-0.4, -0.2) is 23.7 Å². The molecule has 0 aromatic heterocycles. The highest BCUT2D eigenvalue weighted by molar-refractivity contribution is 7.80. The predicted molar refractivity (Wildman–Crippen MR) is 113 cm³/mol. The van der Waals surface area contributed by atoms with E-state index in [4.69, 9.17) is 21.7 Å². The smallest absolute Gasteiger partial charge is 0.257 e. The molecule has 0 fully saturated rings. The molecule has 0 aliphatic heterocycles. The van der Waals surface area contributed by atoms with Gasteiger partial charge in [-0.25, -0.2) is 0 Å². The molecular weight excluding hydrogens is 360 g/mol. The van der Waals surface area contributed by atoms with Gasteiger partial charge in [-0.3, -0.25) is 10.1 Å². The molecule has 0 bridgehead atoms. The van der Waals surface area contributed by atoms with Gasteiger partial charge in [0.05, 0.1) is 12.7 Å². The van der Waals surface area contributed by atoms with Gasteiger partial charge in [0.2, 0.25) is 0 Å². The minimum absolute atomic E-state index is 0.0863. The standard InChI is InChI=1S/C21H26N2O3S/c1-4-5-13-25-19-8-6-7-17(14-19)22-21(27)23-20(24)16-9-11-18(12-10-16)26-15(2)3/h6-12,14-15H,4-5,13H2,1-3H3,(H2,22,23,24,27). The number of unbranched alkanes of at least 4 members (excludes halogenated alkanes) is 1. The molecule has 2 aromatic rings. The van der Waals surface area contributed by atoms with Crippen LogP contribution in [0.25, 0.3) is 0 Å². The van der Waals surface area contributed by atoms with Gasteiger partial charge < -0.3 is 14.8 Å². The van der Waals surface area contributed by atoms with Gasteiger partial charge in [0.15, 0.2) is 5.11 Å². The first-order valence-electron chi connectivity index (χ1n) is 9.10. The lowest BCUT2D eigenvalue weighted by Crippen LogP contribution is -2.34. The van der Waals surface area contributed by atoms with Gasteiger partial charge in [0.1, 0.15) is 11.5 Å². The molecule has 0 saturated carbocycles. The van der Waals surface area contributed by atoms with Gasteiger partial charge in [-0.2, -0.15) is 0 Å². The number of carbonyl (C=O) groups excluding carboxylic acids is 1. The summed E-state index contributed by atoms with van der Waals surface area (Å²) in [6.07, 6.45) is 2.18. The SMILES string of the molecule is CCCCOc1cccc(NC(=S)NC(=O)c2ccc(OC(C)C)cc2)c1. The first kappa shape index (κ1) is 20.7. The fourth-order valence-corrected chi connectivity index (χ4v) is 2.50. The number of carbonyl (C=O) groups is 1. The maximum Gasteiger partial charge on any atom is 0.257 e. The zero-order chi connectivity index (χ0) is 19.6. The Labute approximate surface area is 166 Å². The van der Waals surface area contributed by atoms with Gasteiger partial charge in [-0.15, -0.1) is 0 Å². The Balaban J connectivity index is 1.89. The third kappa shape index (κ3) is 7.27. The Hall–Kier alpha value is -2.60. The molecule has 27 heavy (non-hydrogen) atoms. The molecule has 5 nitrogen and oxygen atoms in total. The van der Waals surface area contributed by atoms with Crippen LogP contribution in [0.4, 0.5) is 5.69 Å². The van der Waals surface area contributed by atoms with Crippen molar-refractivity contribution >= 4 is 28.9 Å². The fourth-order valence-electron chi connectivity index (χ4n) is 2.29. The summed E-state index contributed by atoms with van der Waals surface area (Å²) in [5.41, 5.74) is 1.27. The molecule has 2 rings (SSSR count). The number of hydrogen-bond donors (Lipinski definition) is 2. The van der Waals surface area contributed by atoms with Crippen LogP contribution in [0, 0.1) is 0 Å². The average Bonchev–Trinajstić information content (AvgIpc) is 2.62. The molecule has 0 spiro atoms. The minimum Gasteiger partial charge on any atom is -0.494 e. The number of hydrogen-bond acceptors (Lipinski definition) is 4. The molecule has 0 heterocycles. The summed E-state index contributed by atoms with van der Waals surface area (Å²) in [4.78, 5) is 12.3. The molecule has 2 aromatic carbocycles. The van der Waals surface area contributed by atoms with Crippen molar-refractivity contribution in [3.63, 3.8) is 0 Å². The van der Waals surface area contributed by atoms with Gasteiger partial charge in [-0.1, -0.05) is 19.4 Å². The van der Waals surface area contributed by atoms with Crippen molar-refractivity contribution in [3.8, 4) is 11.5 Å². The summed E-state index contributed by atoms with van der Waals surface area (Å²) in [5.74, 6) is 1.21. The first-order valence-corrected chi connectivity index (χ1v) is 9.50. The zero-order valence-electron chi connectivity index (χ0n) is 16.0. The number of amides is 1. The summed E-state index contributed by atoms with van der Waals surface area (Å²) in [7, 11) is 0. The normalized spacial score (nSPS) is 10.4. The number of ether oxygens (including phenoxy) is 2. The topological polar surface area (TPSA) is 59.6 Å². The minimum atomic E-state index is -0.279. The summed E-state index contributed by atoms with van der Waals surface area (Å²) in [6.45, 7) is 6.70. The molecular formula is C21H26N2O3S. The van der Waals surface area contributed by atoms with Crippen LogP contribution in [0.3, 0.4) is 0 Å². The first-order chi connectivity index (χ1) is 13.0. The van der Waals surface area contributed by atoms with E-state index < -0.39 is 0 Å². The molecule has 2 N–H and O–H groups in total. The second-order valence-corrected chi connectivity index (χ2v) is 6.74. The van der Waals surface area contributed by atoms with E-state index in [1.54, 1.807) is 24.3 Å². The molecule has 0 radical (unpaired) electrons. The van der Waals surface area contributed by atoms with Crippen LogP contribution >= 0.6 is 12.2 Å². The largest absolute Gasteiger partial charge is 0.494 e. The van der Waals surface area contributed by atoms with E-state index in [9.17, 15) is 4.79 Å². The van der Waals surface area contributed by atoms with Crippen LogP contribution < -0.4 is 20.1 Å². The van der Waals surface area contributed by atoms with Gasteiger partial charge >= 0.3 is 0 Å². The van der Waals surface area contributed by atoms with Gasteiger partial charge in [0, 0.05) is 17.3 Å². The summed E-state index contributed by atoms with van der Waals surface area (Å²) >= 11 is 5.24. The van der Waals surface area contributed by atoms with Crippen LogP contribution in [-0.2, 0) is 0 Å². The van der Waals surface area contributed by atoms with E-state index in [2.05, 4.69) is 17.6 Å². The number of nitrogens with one attached hydrogen (secondary N) is 2. The zero-order valence-corrected chi connectivity index (χ0v) is 16.8. The van der Waals surface area contributed by atoms with E-state index in [0.717, 1.165) is 30.0 Å². The third-order valence-electron chi connectivity index (χ3n) is 3.57. The van der Waals surface area contributed by atoms with Gasteiger partial charge in [-0.05, 0) is 68.9 Å². The maximum absolute atomic E-state index is 12.3. The molecule has 1 amide bonds. The quantitative estimate of drug-likeness (QED) is 0.505. The number of benzene rings is 2. The second-order valence-electron chi connectivity index (χ2n) is 6.33. The van der Waals surface area contributed by atoms with Crippen molar-refractivity contribution in [1.29, 1.82) is 0 Å². The Kier molecular flexibility index (Phi) is 8.07. The van der Waals surface area contributed by atoms with Crippen LogP contribution in [0.2, 0.25) is 0 Å². The highest BCUT2D eigenvalue weighted by atomic mass is 32.1. The lowest BCUT2D eigenvalue weighted by Gasteiger charge is -2.12. The number of anilines is 1. The monoisotopic (exact) mass is 386 g/mol. The molecule has 6 heteroatoms. The van der Waals surface area contributed by atoms with Crippen molar-refractivity contribution in [3.05, 3.63) is 54.1 Å². The van der Waals surface area contributed by atoms with Gasteiger partial charge in [0.25, 0.3) is 5.91 Å². The fraction of sp³-hybridized carbons (Fsp3) is 0.333. The molecule has 0 saturated heterocycles. The lowest BCUT2D eigenvalue weighted by molar-refractivity contribution is 0.0977. The number of rotatable bonds is 8. The Bertz CT molecular complexity index is 760. The Morgan fingerprint density at radius 3 is 2.52 bits per heavy atom. The van der Waals surface area contributed by atoms with Crippen molar-refractivity contribution < 1.29 is 14.3 Å². The third-order valence-corrected chi connectivity index (χ3v) is 3.78. The van der Waals surface area contributed by atoms with Crippen molar-refractivity contribution in [2.24, 2.45) is 0 Å². The van der Waals surface area contributed by atoms with E-state index in [1.165, 1.54) is 0 Å². The average molecular weight is 387 g/mol. The summed E-state index contributed by atoms with van der Waals surface area (Å²) < 4.78 is 11.2. The van der Waals surface area contributed by atoms with Crippen molar-refractivity contribution in [1.82, 2.24) is 5.32 Å². The maximum atomic E-state index is 12.3.